The Labute approximate surface area is 154 Å². The van der Waals surface area contributed by atoms with Gasteiger partial charge in [0.2, 0.25) is 0 Å². The van der Waals surface area contributed by atoms with Gasteiger partial charge in [0, 0.05) is 26.8 Å². The summed E-state index contributed by atoms with van der Waals surface area (Å²) >= 11 is 0. The van der Waals surface area contributed by atoms with Gasteiger partial charge in [0.05, 0.1) is 12.1 Å². The number of nitrogens with zero attached hydrogens (tertiary/aromatic N) is 5. The number of rotatable bonds is 4. The fraction of sp³-hybridized carbons (Fsp3) is 0.278. The van der Waals surface area contributed by atoms with Crippen molar-refractivity contribution in [1.29, 1.82) is 0 Å². The lowest BCUT2D eigenvalue weighted by atomic mass is 10.2. The number of fused-ring (bicyclic) bond motifs is 1. The van der Waals surface area contributed by atoms with Crippen molar-refractivity contribution < 1.29 is 13.2 Å². The van der Waals surface area contributed by atoms with E-state index in [9.17, 15) is 13.2 Å². The van der Waals surface area contributed by atoms with Crippen molar-refractivity contribution in [2.75, 3.05) is 14.1 Å². The molecular formula is C18H19F3N6. The molecule has 0 aliphatic carbocycles. The summed E-state index contributed by atoms with van der Waals surface area (Å²) in [5.41, 5.74) is 0.722. The summed E-state index contributed by atoms with van der Waals surface area (Å²) in [6.45, 7) is 0.827. The molecule has 142 valence electrons. The van der Waals surface area contributed by atoms with Crippen molar-refractivity contribution in [2.45, 2.75) is 19.3 Å². The van der Waals surface area contributed by atoms with E-state index >= 15 is 0 Å². The van der Waals surface area contributed by atoms with Crippen molar-refractivity contribution in [2.24, 2.45) is 4.99 Å². The second-order valence-electron chi connectivity index (χ2n) is 6.00. The maximum absolute atomic E-state index is 12.9. The van der Waals surface area contributed by atoms with Crippen molar-refractivity contribution in [3.05, 3.63) is 65.6 Å². The number of pyridine rings is 1. The highest BCUT2D eigenvalue weighted by Crippen LogP contribution is 2.29. The lowest BCUT2D eigenvalue weighted by Crippen LogP contribution is -2.38. The van der Waals surface area contributed by atoms with Gasteiger partial charge in [0.25, 0.3) is 0 Å². The first-order valence-corrected chi connectivity index (χ1v) is 8.25. The maximum atomic E-state index is 12.9. The first-order chi connectivity index (χ1) is 12.9. The highest BCUT2D eigenvalue weighted by molar-refractivity contribution is 5.79. The molecule has 0 atom stereocenters. The van der Waals surface area contributed by atoms with Crippen LogP contribution in [0, 0.1) is 0 Å². The quantitative estimate of drug-likeness (QED) is 0.562. The molecule has 0 bridgehead atoms. The molecule has 2 aromatic heterocycles. The standard InChI is InChI=1S/C18H19F3N6/c1-22-17(26(2)11-13-6-4-3-5-7-13)23-10-16-25-24-15-9-8-14(12-27(15)16)18(19,20)21/h3-9,12H,10-11H2,1-2H3,(H,22,23). The van der Waals surface area contributed by atoms with E-state index < -0.39 is 11.7 Å². The molecule has 3 aromatic rings. The van der Waals surface area contributed by atoms with Gasteiger partial charge in [-0.3, -0.25) is 9.39 Å². The molecule has 2 heterocycles. The Morgan fingerprint density at radius 1 is 1.15 bits per heavy atom. The summed E-state index contributed by atoms with van der Waals surface area (Å²) in [5, 5.41) is 11.0. The van der Waals surface area contributed by atoms with Crippen LogP contribution in [-0.2, 0) is 19.3 Å². The lowest BCUT2D eigenvalue weighted by molar-refractivity contribution is -0.137. The van der Waals surface area contributed by atoms with E-state index in [2.05, 4.69) is 20.5 Å². The molecule has 9 heteroatoms. The minimum Gasteiger partial charge on any atom is -0.349 e. The Morgan fingerprint density at radius 2 is 1.89 bits per heavy atom. The first-order valence-electron chi connectivity index (χ1n) is 8.25. The van der Waals surface area contributed by atoms with E-state index in [4.69, 9.17) is 0 Å². The van der Waals surface area contributed by atoms with Crippen molar-refractivity contribution in [3.63, 3.8) is 0 Å². The summed E-state index contributed by atoms with van der Waals surface area (Å²) in [6.07, 6.45) is -3.42. The summed E-state index contributed by atoms with van der Waals surface area (Å²) in [5.74, 6) is 0.966. The van der Waals surface area contributed by atoms with Gasteiger partial charge in [-0.1, -0.05) is 30.3 Å². The molecule has 1 N–H and O–H groups in total. The minimum atomic E-state index is -4.42. The molecule has 6 nitrogen and oxygen atoms in total. The van der Waals surface area contributed by atoms with Crippen LogP contribution < -0.4 is 5.32 Å². The Balaban J connectivity index is 1.73. The number of guanidine groups is 1. The molecule has 0 saturated carbocycles. The fourth-order valence-corrected chi connectivity index (χ4v) is 2.70. The average molecular weight is 376 g/mol. The van der Waals surface area contributed by atoms with Gasteiger partial charge in [0.15, 0.2) is 17.4 Å². The van der Waals surface area contributed by atoms with Gasteiger partial charge in [0.1, 0.15) is 0 Å². The predicted octanol–water partition coefficient (Wildman–Crippen LogP) is 2.96. The third kappa shape index (κ3) is 4.36. The third-order valence-electron chi connectivity index (χ3n) is 4.04. The molecule has 0 radical (unpaired) electrons. The molecule has 0 aliphatic rings. The summed E-state index contributed by atoms with van der Waals surface area (Å²) in [4.78, 5) is 6.13. The van der Waals surface area contributed by atoms with Crippen LogP contribution in [0.15, 0.2) is 53.7 Å². The number of aromatic nitrogens is 3. The lowest BCUT2D eigenvalue weighted by Gasteiger charge is -2.22. The van der Waals surface area contributed by atoms with Gasteiger partial charge in [-0.25, -0.2) is 0 Å². The Morgan fingerprint density at radius 3 is 2.56 bits per heavy atom. The number of benzene rings is 1. The molecule has 0 aliphatic heterocycles. The fourth-order valence-electron chi connectivity index (χ4n) is 2.70. The van der Waals surface area contributed by atoms with Crippen LogP contribution in [0.1, 0.15) is 17.0 Å². The van der Waals surface area contributed by atoms with Crippen LogP contribution in [-0.4, -0.2) is 39.6 Å². The van der Waals surface area contributed by atoms with Gasteiger partial charge in [-0.05, 0) is 17.7 Å². The summed E-state index contributed by atoms with van der Waals surface area (Å²) < 4.78 is 40.2. The van der Waals surface area contributed by atoms with Crippen molar-refractivity contribution in [1.82, 2.24) is 24.8 Å². The largest absolute Gasteiger partial charge is 0.417 e. The van der Waals surface area contributed by atoms with E-state index in [-0.39, 0.29) is 6.54 Å². The normalized spacial score (nSPS) is 12.4. The van der Waals surface area contributed by atoms with Gasteiger partial charge in [-0.2, -0.15) is 13.2 Å². The SMILES string of the molecule is CN=C(NCc1nnc2ccc(C(F)(F)F)cn12)N(C)Cc1ccccc1. The van der Waals surface area contributed by atoms with E-state index in [0.717, 1.165) is 17.8 Å². The summed E-state index contributed by atoms with van der Waals surface area (Å²) in [6, 6.07) is 12.2. The molecule has 0 saturated heterocycles. The molecular weight excluding hydrogens is 357 g/mol. The van der Waals surface area contributed by atoms with Crippen LogP contribution in [0.3, 0.4) is 0 Å². The van der Waals surface area contributed by atoms with Crippen LogP contribution >= 0.6 is 0 Å². The zero-order valence-corrected chi connectivity index (χ0v) is 14.9. The third-order valence-corrected chi connectivity index (χ3v) is 4.04. The highest BCUT2D eigenvalue weighted by Gasteiger charge is 2.31. The predicted molar refractivity (Wildman–Crippen MR) is 96.1 cm³/mol. The van der Waals surface area contributed by atoms with E-state index in [0.29, 0.717) is 24.0 Å². The molecule has 0 unspecified atom stereocenters. The smallest absolute Gasteiger partial charge is 0.349 e. The maximum Gasteiger partial charge on any atom is 0.417 e. The van der Waals surface area contributed by atoms with Gasteiger partial charge >= 0.3 is 6.18 Å². The van der Waals surface area contributed by atoms with Gasteiger partial charge < -0.3 is 10.2 Å². The number of nitrogens with one attached hydrogen (secondary N) is 1. The minimum absolute atomic E-state index is 0.189. The molecule has 0 spiro atoms. The first kappa shape index (κ1) is 18.7. The van der Waals surface area contributed by atoms with Crippen molar-refractivity contribution >= 4 is 11.6 Å². The second kappa shape index (κ2) is 7.65. The van der Waals surface area contributed by atoms with Gasteiger partial charge in [-0.15, -0.1) is 10.2 Å². The highest BCUT2D eigenvalue weighted by atomic mass is 19.4. The number of hydrogen-bond acceptors (Lipinski definition) is 3. The van der Waals surface area contributed by atoms with E-state index in [1.54, 1.807) is 7.05 Å². The van der Waals surface area contributed by atoms with Crippen LogP contribution in [0.2, 0.25) is 0 Å². The zero-order valence-electron chi connectivity index (χ0n) is 14.9. The Hall–Kier alpha value is -3.10. The molecule has 1 aromatic carbocycles. The molecule has 27 heavy (non-hydrogen) atoms. The van der Waals surface area contributed by atoms with Crippen LogP contribution in [0.25, 0.3) is 5.65 Å². The van der Waals surface area contributed by atoms with Crippen molar-refractivity contribution in [3.8, 4) is 0 Å². The molecule has 0 amide bonds. The Bertz CT molecular complexity index is 933. The second-order valence-corrected chi connectivity index (χ2v) is 6.00. The Kier molecular flexibility index (Phi) is 5.29. The topological polar surface area (TPSA) is 57.8 Å². The number of aliphatic imine (C=N–C) groups is 1. The monoisotopic (exact) mass is 376 g/mol. The molecule has 3 rings (SSSR count). The van der Waals surface area contributed by atoms with E-state index in [1.807, 2.05) is 42.3 Å². The average Bonchev–Trinajstić information content (AvgIpc) is 3.05. The van der Waals surface area contributed by atoms with Crippen LogP contribution in [0.5, 0.6) is 0 Å². The zero-order chi connectivity index (χ0) is 19.4. The molecule has 0 fully saturated rings. The van der Waals surface area contributed by atoms with Crippen LogP contribution in [0.4, 0.5) is 13.2 Å². The van der Waals surface area contributed by atoms with E-state index in [1.165, 1.54) is 10.5 Å². The number of alkyl halides is 3. The number of halogens is 3. The summed E-state index contributed by atoms with van der Waals surface area (Å²) in [7, 11) is 3.53. The number of hydrogen-bond donors (Lipinski definition) is 1.